The molecule has 0 unspecified atom stereocenters. The van der Waals surface area contributed by atoms with E-state index in [1.807, 2.05) is 0 Å². The minimum Gasteiger partial charge on any atom is -0.267 e. The first-order valence-corrected chi connectivity index (χ1v) is 4.70. The lowest BCUT2D eigenvalue weighted by atomic mass is 10.1. The van der Waals surface area contributed by atoms with E-state index in [1.165, 1.54) is 0 Å². The van der Waals surface area contributed by atoms with Gasteiger partial charge in [-0.25, -0.2) is 0 Å². The summed E-state index contributed by atoms with van der Waals surface area (Å²) in [6.07, 6.45) is 0.972. The fourth-order valence-corrected chi connectivity index (χ4v) is 1.46. The summed E-state index contributed by atoms with van der Waals surface area (Å²) in [5.41, 5.74) is 0.516. The lowest BCUT2D eigenvalue weighted by Gasteiger charge is -2.12. The molecule has 1 heterocycles. The number of nitrogens with zero attached hydrogens (tertiary/aromatic N) is 1. The molecule has 17 heavy (non-hydrogen) atoms. The van der Waals surface area contributed by atoms with Gasteiger partial charge in [0.15, 0.2) is 0 Å². The quantitative estimate of drug-likeness (QED) is 0.752. The molecule has 0 saturated heterocycles. The number of benzene rings is 1. The van der Waals surface area contributed by atoms with Gasteiger partial charge >= 0.3 is 6.61 Å². The number of carbonyl (C=O) groups is 2. The number of carbonyl (C=O) groups excluding carboxylic acids is 2. The zero-order chi connectivity index (χ0) is 12.4. The summed E-state index contributed by atoms with van der Waals surface area (Å²) in [6, 6.07) is 8.28. The number of hydrogen-bond acceptors (Lipinski definition) is 3. The van der Waals surface area contributed by atoms with Crippen LogP contribution < -0.4 is 0 Å². The maximum Gasteiger partial charge on any atom is 0.365 e. The number of hydrogen-bond donors (Lipinski definition) is 0. The Morgan fingerprint density at radius 1 is 1.12 bits per heavy atom. The van der Waals surface area contributed by atoms with E-state index in [4.69, 9.17) is 0 Å². The highest BCUT2D eigenvalue weighted by Crippen LogP contribution is 2.24. The van der Waals surface area contributed by atoms with E-state index < -0.39 is 18.4 Å². The fourth-order valence-electron chi connectivity index (χ4n) is 1.46. The van der Waals surface area contributed by atoms with Crippen LogP contribution in [0.5, 0.6) is 0 Å². The average molecular weight is 239 g/mol. The van der Waals surface area contributed by atoms with E-state index in [-0.39, 0.29) is 10.6 Å². The van der Waals surface area contributed by atoms with Crippen molar-refractivity contribution < 1.29 is 23.2 Å². The van der Waals surface area contributed by atoms with E-state index in [0.717, 1.165) is 6.08 Å². The van der Waals surface area contributed by atoms with Crippen LogP contribution in [0, 0.1) is 0 Å². The second kappa shape index (κ2) is 4.42. The van der Waals surface area contributed by atoms with Crippen LogP contribution in [0.3, 0.4) is 0 Å². The summed E-state index contributed by atoms with van der Waals surface area (Å²) >= 11 is 0. The molecule has 1 aromatic rings. The van der Waals surface area contributed by atoms with Gasteiger partial charge in [-0.2, -0.15) is 13.6 Å². The van der Waals surface area contributed by atoms with Gasteiger partial charge in [0.25, 0.3) is 11.8 Å². The number of alkyl halides is 2. The largest absolute Gasteiger partial charge is 0.365 e. The van der Waals surface area contributed by atoms with Crippen LogP contribution in [-0.2, 0) is 14.4 Å². The molecule has 6 heteroatoms. The Morgan fingerprint density at radius 3 is 2.35 bits per heavy atom. The summed E-state index contributed by atoms with van der Waals surface area (Å²) in [5.74, 6) is -1.80. The topological polar surface area (TPSA) is 46.6 Å². The molecule has 1 aliphatic rings. The summed E-state index contributed by atoms with van der Waals surface area (Å²) in [5, 5.41) is 0.0625. The van der Waals surface area contributed by atoms with Gasteiger partial charge in [0, 0.05) is 6.08 Å². The first-order chi connectivity index (χ1) is 8.09. The van der Waals surface area contributed by atoms with Gasteiger partial charge in [0.05, 0.1) is 5.57 Å². The van der Waals surface area contributed by atoms with Gasteiger partial charge in [0.1, 0.15) is 0 Å². The predicted octanol–water partition coefficient (Wildman–Crippen LogP) is 1.59. The van der Waals surface area contributed by atoms with Gasteiger partial charge < -0.3 is 0 Å². The molecule has 0 atom stereocenters. The van der Waals surface area contributed by atoms with E-state index >= 15 is 0 Å². The Hall–Kier alpha value is -2.08. The summed E-state index contributed by atoms with van der Waals surface area (Å²) in [6.45, 7) is -3.22. The van der Waals surface area contributed by atoms with E-state index in [0.29, 0.717) is 5.56 Å². The molecule has 0 spiro atoms. The zero-order valence-electron chi connectivity index (χ0n) is 8.47. The molecule has 0 aliphatic carbocycles. The fraction of sp³-hybridized carbons (Fsp3) is 0.0909. The SMILES string of the molecule is O=C1C=C(c2ccccc2)C(=O)N1OC(F)F. The van der Waals surface area contributed by atoms with Crippen molar-refractivity contribution in [2.24, 2.45) is 0 Å². The lowest BCUT2D eigenvalue weighted by Crippen LogP contribution is -2.32. The molecule has 88 valence electrons. The molecule has 1 aromatic carbocycles. The van der Waals surface area contributed by atoms with Crippen molar-refractivity contribution in [1.82, 2.24) is 5.06 Å². The monoisotopic (exact) mass is 239 g/mol. The third kappa shape index (κ3) is 2.21. The second-order valence-corrected chi connectivity index (χ2v) is 3.23. The van der Waals surface area contributed by atoms with Crippen LogP contribution in [0.2, 0.25) is 0 Å². The second-order valence-electron chi connectivity index (χ2n) is 3.23. The molecule has 0 radical (unpaired) electrons. The summed E-state index contributed by atoms with van der Waals surface area (Å²) in [4.78, 5) is 26.7. The number of halogens is 2. The molecule has 0 aromatic heterocycles. The van der Waals surface area contributed by atoms with Crippen LogP contribution in [0.25, 0.3) is 5.57 Å². The third-order valence-electron chi connectivity index (χ3n) is 2.15. The summed E-state index contributed by atoms with van der Waals surface area (Å²) in [7, 11) is 0. The Labute approximate surface area is 95.0 Å². The Morgan fingerprint density at radius 2 is 1.76 bits per heavy atom. The van der Waals surface area contributed by atoms with Crippen LogP contribution in [0.4, 0.5) is 8.78 Å². The van der Waals surface area contributed by atoms with Crippen LogP contribution in [0.15, 0.2) is 36.4 Å². The highest BCUT2D eigenvalue weighted by Gasteiger charge is 2.34. The molecule has 4 nitrogen and oxygen atoms in total. The first-order valence-electron chi connectivity index (χ1n) is 4.70. The highest BCUT2D eigenvalue weighted by molar-refractivity contribution is 6.32. The standard InChI is InChI=1S/C11H7F2NO3/c12-11(13)17-14-9(15)6-8(10(14)16)7-4-2-1-3-5-7/h1-6,11H. The van der Waals surface area contributed by atoms with E-state index in [9.17, 15) is 18.4 Å². The molecular weight excluding hydrogens is 232 g/mol. The average Bonchev–Trinajstić information content (AvgIpc) is 2.58. The normalized spacial score (nSPS) is 15.7. The van der Waals surface area contributed by atoms with Crippen LogP contribution >= 0.6 is 0 Å². The van der Waals surface area contributed by atoms with Gasteiger partial charge in [0.2, 0.25) is 0 Å². The molecular formula is C11H7F2NO3. The summed E-state index contributed by atoms with van der Waals surface area (Å²) < 4.78 is 23.9. The number of rotatable bonds is 3. The van der Waals surface area contributed by atoms with Crippen LogP contribution in [-0.4, -0.2) is 23.5 Å². The zero-order valence-corrected chi connectivity index (χ0v) is 8.47. The minimum atomic E-state index is -3.22. The Bertz CT molecular complexity index is 485. The van der Waals surface area contributed by atoms with E-state index in [2.05, 4.69) is 4.84 Å². The van der Waals surface area contributed by atoms with Crippen molar-refractivity contribution >= 4 is 17.4 Å². The van der Waals surface area contributed by atoms with Gasteiger partial charge in [-0.1, -0.05) is 30.3 Å². The van der Waals surface area contributed by atoms with Crippen molar-refractivity contribution in [1.29, 1.82) is 0 Å². The third-order valence-corrected chi connectivity index (χ3v) is 2.15. The number of imide groups is 1. The highest BCUT2D eigenvalue weighted by atomic mass is 19.3. The molecule has 0 N–H and O–H groups in total. The smallest absolute Gasteiger partial charge is 0.267 e. The minimum absolute atomic E-state index is 0.0382. The van der Waals surface area contributed by atoms with Gasteiger partial charge in [-0.3, -0.25) is 9.59 Å². The van der Waals surface area contributed by atoms with Crippen molar-refractivity contribution in [2.75, 3.05) is 0 Å². The molecule has 2 rings (SSSR count). The number of hydroxylamine groups is 2. The molecule has 1 aliphatic heterocycles. The molecule has 0 saturated carbocycles. The molecule has 0 fully saturated rings. The van der Waals surface area contributed by atoms with Crippen molar-refractivity contribution in [3.8, 4) is 0 Å². The molecule has 0 bridgehead atoms. The van der Waals surface area contributed by atoms with Gasteiger partial charge in [-0.15, -0.1) is 5.06 Å². The van der Waals surface area contributed by atoms with Crippen molar-refractivity contribution in [3.05, 3.63) is 42.0 Å². The molecule has 2 amide bonds. The predicted molar refractivity (Wildman–Crippen MR) is 53.4 cm³/mol. The first kappa shape index (κ1) is 11.4. The maximum atomic E-state index is 12.0. The van der Waals surface area contributed by atoms with E-state index in [1.54, 1.807) is 30.3 Å². The lowest BCUT2D eigenvalue weighted by molar-refractivity contribution is -0.257. The Balaban J connectivity index is 2.26. The van der Waals surface area contributed by atoms with Crippen molar-refractivity contribution in [3.63, 3.8) is 0 Å². The van der Waals surface area contributed by atoms with Crippen LogP contribution in [0.1, 0.15) is 5.56 Å². The van der Waals surface area contributed by atoms with Crippen molar-refractivity contribution in [2.45, 2.75) is 6.61 Å². The number of amides is 2. The maximum absolute atomic E-state index is 12.0. The Kier molecular flexibility index (Phi) is 2.97. The van der Waals surface area contributed by atoms with Gasteiger partial charge in [-0.05, 0) is 5.56 Å².